The fraction of sp³-hybridized carbons (Fsp3) is 0.154. The highest BCUT2D eigenvalue weighted by Gasteiger charge is 2.08. The topological polar surface area (TPSA) is 58.8 Å². The van der Waals surface area contributed by atoms with Crippen molar-refractivity contribution < 1.29 is 4.74 Å². The number of nitriles is 1. The molecule has 0 amide bonds. The van der Waals surface area contributed by atoms with Crippen molar-refractivity contribution in [3.8, 4) is 11.9 Å². The molecule has 2 aromatic heterocycles. The van der Waals surface area contributed by atoms with Gasteiger partial charge in [-0.25, -0.2) is 4.98 Å². The van der Waals surface area contributed by atoms with Crippen LogP contribution in [0.25, 0.3) is 0 Å². The number of nitrogens with zero attached hydrogens (tertiary/aromatic N) is 3. The molecule has 0 fully saturated rings. The van der Waals surface area contributed by atoms with E-state index >= 15 is 0 Å². The largest absolute Gasteiger partial charge is 0.476 e. The van der Waals surface area contributed by atoms with Crippen molar-refractivity contribution in [1.82, 2.24) is 9.97 Å². The van der Waals surface area contributed by atoms with E-state index in [1.54, 1.807) is 12.3 Å². The molecule has 0 aliphatic carbocycles. The van der Waals surface area contributed by atoms with Crippen LogP contribution in [0.15, 0.2) is 36.7 Å². The summed E-state index contributed by atoms with van der Waals surface area (Å²) in [7, 11) is 0. The first-order chi connectivity index (χ1) is 8.81. The Balaban J connectivity index is 1.97. The van der Waals surface area contributed by atoms with E-state index < -0.39 is 0 Å². The van der Waals surface area contributed by atoms with Crippen molar-refractivity contribution in [2.45, 2.75) is 6.42 Å². The van der Waals surface area contributed by atoms with Gasteiger partial charge >= 0.3 is 0 Å². The molecule has 18 heavy (non-hydrogen) atoms. The molecule has 2 aromatic rings. The lowest BCUT2D eigenvalue weighted by Crippen LogP contribution is -2.04. The van der Waals surface area contributed by atoms with Crippen LogP contribution in [0.3, 0.4) is 0 Å². The quantitative estimate of drug-likeness (QED) is 0.847. The first kappa shape index (κ1) is 12.3. The third kappa shape index (κ3) is 2.96. The third-order valence-electron chi connectivity index (χ3n) is 2.30. The van der Waals surface area contributed by atoms with E-state index in [9.17, 15) is 0 Å². The number of aromatic nitrogens is 2. The Morgan fingerprint density at radius 1 is 1.22 bits per heavy atom. The zero-order valence-electron chi connectivity index (χ0n) is 9.51. The summed E-state index contributed by atoms with van der Waals surface area (Å²) in [6.45, 7) is 0.415. The van der Waals surface area contributed by atoms with Crippen LogP contribution in [0.1, 0.15) is 11.3 Å². The number of ether oxygens (including phenoxy) is 1. The minimum absolute atomic E-state index is 0.251. The number of hydrogen-bond acceptors (Lipinski definition) is 4. The van der Waals surface area contributed by atoms with Gasteiger partial charge in [0, 0.05) is 24.5 Å². The zero-order valence-corrected chi connectivity index (χ0v) is 10.3. The maximum absolute atomic E-state index is 8.82. The van der Waals surface area contributed by atoms with E-state index in [4.69, 9.17) is 21.6 Å². The van der Waals surface area contributed by atoms with Gasteiger partial charge in [0.1, 0.15) is 11.1 Å². The summed E-state index contributed by atoms with van der Waals surface area (Å²) < 4.78 is 5.45. The second-order valence-electron chi connectivity index (χ2n) is 3.51. The fourth-order valence-corrected chi connectivity index (χ4v) is 1.62. The van der Waals surface area contributed by atoms with Crippen molar-refractivity contribution in [3.05, 3.63) is 52.9 Å². The van der Waals surface area contributed by atoms with Crippen LogP contribution < -0.4 is 4.74 Å². The molecule has 0 unspecified atom stereocenters. The zero-order chi connectivity index (χ0) is 12.8. The Labute approximate surface area is 110 Å². The maximum Gasteiger partial charge on any atom is 0.233 e. The highest BCUT2D eigenvalue weighted by molar-refractivity contribution is 6.32. The molecule has 2 heterocycles. The SMILES string of the molecule is N#Cc1ccnc(OCCc2ccccn2)c1Cl. The molecule has 90 valence electrons. The fourth-order valence-electron chi connectivity index (χ4n) is 1.41. The molecule has 4 nitrogen and oxygen atoms in total. The number of pyridine rings is 2. The van der Waals surface area contributed by atoms with Gasteiger partial charge in [-0.15, -0.1) is 0 Å². The van der Waals surface area contributed by atoms with Crippen molar-refractivity contribution in [3.63, 3.8) is 0 Å². The molecule has 0 N–H and O–H groups in total. The smallest absolute Gasteiger partial charge is 0.233 e. The van der Waals surface area contributed by atoms with Crippen molar-refractivity contribution in [1.29, 1.82) is 5.26 Å². The molecule has 0 aliphatic heterocycles. The van der Waals surface area contributed by atoms with E-state index in [0.29, 0.717) is 18.6 Å². The Morgan fingerprint density at radius 2 is 2.11 bits per heavy atom. The number of rotatable bonds is 4. The third-order valence-corrected chi connectivity index (χ3v) is 2.67. The van der Waals surface area contributed by atoms with Gasteiger partial charge in [-0.3, -0.25) is 4.98 Å². The lowest BCUT2D eigenvalue weighted by molar-refractivity contribution is 0.308. The second kappa shape index (κ2) is 5.99. The Morgan fingerprint density at radius 3 is 2.83 bits per heavy atom. The predicted octanol–water partition coefficient (Wildman–Crippen LogP) is 2.62. The molecule has 0 atom stereocenters. The first-order valence-corrected chi connectivity index (χ1v) is 5.76. The van der Waals surface area contributed by atoms with Gasteiger partial charge < -0.3 is 4.74 Å². The molecule has 0 aliphatic rings. The molecule has 0 saturated carbocycles. The minimum atomic E-state index is 0.251. The predicted molar refractivity (Wildman–Crippen MR) is 67.4 cm³/mol. The van der Waals surface area contributed by atoms with Gasteiger partial charge in [0.15, 0.2) is 0 Å². The molecule has 0 bridgehead atoms. The van der Waals surface area contributed by atoms with Crippen LogP contribution in [0, 0.1) is 11.3 Å². The Hall–Kier alpha value is -2.12. The van der Waals surface area contributed by atoms with Crippen molar-refractivity contribution in [2.24, 2.45) is 0 Å². The van der Waals surface area contributed by atoms with Crippen molar-refractivity contribution >= 4 is 11.6 Å². The van der Waals surface area contributed by atoms with Gasteiger partial charge in [-0.05, 0) is 18.2 Å². The van der Waals surface area contributed by atoms with Crippen LogP contribution in [-0.2, 0) is 6.42 Å². The summed E-state index contributed by atoms with van der Waals surface area (Å²) in [6, 6.07) is 9.23. The molecule has 5 heteroatoms. The van der Waals surface area contributed by atoms with Gasteiger partial charge in [0.25, 0.3) is 0 Å². The first-order valence-electron chi connectivity index (χ1n) is 5.38. The summed E-state index contributed by atoms with van der Waals surface area (Å²) >= 11 is 5.97. The summed E-state index contributed by atoms with van der Waals surface area (Å²) in [5.41, 5.74) is 1.30. The highest BCUT2D eigenvalue weighted by atomic mass is 35.5. The van der Waals surface area contributed by atoms with Crippen LogP contribution in [0.4, 0.5) is 0 Å². The van der Waals surface area contributed by atoms with Crippen LogP contribution in [0.5, 0.6) is 5.88 Å². The summed E-state index contributed by atoms with van der Waals surface area (Å²) in [5.74, 6) is 0.284. The van der Waals surface area contributed by atoms with Crippen LogP contribution >= 0.6 is 11.6 Å². The summed E-state index contributed by atoms with van der Waals surface area (Å²) in [4.78, 5) is 8.17. The van der Waals surface area contributed by atoms with E-state index in [2.05, 4.69) is 9.97 Å². The summed E-state index contributed by atoms with van der Waals surface area (Å²) in [5, 5.41) is 9.07. The lowest BCUT2D eigenvalue weighted by Gasteiger charge is -2.06. The molecule has 0 saturated heterocycles. The average molecular weight is 260 g/mol. The van der Waals surface area contributed by atoms with E-state index in [-0.39, 0.29) is 10.9 Å². The minimum Gasteiger partial charge on any atom is -0.476 e. The Bertz CT molecular complexity index is 566. The van der Waals surface area contributed by atoms with Crippen LogP contribution in [-0.4, -0.2) is 16.6 Å². The molecule has 0 radical (unpaired) electrons. The molecule has 0 aromatic carbocycles. The second-order valence-corrected chi connectivity index (χ2v) is 3.89. The molecular weight excluding hydrogens is 250 g/mol. The molecule has 0 spiro atoms. The Kier molecular flexibility index (Phi) is 4.11. The van der Waals surface area contributed by atoms with E-state index in [1.807, 2.05) is 24.3 Å². The van der Waals surface area contributed by atoms with Gasteiger partial charge in [0.2, 0.25) is 5.88 Å². The normalized spacial score (nSPS) is 9.78. The van der Waals surface area contributed by atoms with Gasteiger partial charge in [-0.2, -0.15) is 5.26 Å². The number of halogens is 1. The molecular formula is C13H10ClN3O. The van der Waals surface area contributed by atoms with E-state index in [0.717, 1.165) is 5.69 Å². The lowest BCUT2D eigenvalue weighted by atomic mass is 10.3. The highest BCUT2D eigenvalue weighted by Crippen LogP contribution is 2.24. The molecule has 2 rings (SSSR count). The summed E-state index contributed by atoms with van der Waals surface area (Å²) in [6.07, 6.45) is 3.90. The van der Waals surface area contributed by atoms with Gasteiger partial charge in [0.05, 0.1) is 12.2 Å². The standard InChI is InChI=1S/C13H10ClN3O/c14-12-10(9-15)4-7-17-13(12)18-8-5-11-3-1-2-6-16-11/h1-4,6-7H,5,8H2. The van der Waals surface area contributed by atoms with E-state index in [1.165, 1.54) is 6.20 Å². The monoisotopic (exact) mass is 259 g/mol. The number of hydrogen-bond donors (Lipinski definition) is 0. The van der Waals surface area contributed by atoms with Gasteiger partial charge in [-0.1, -0.05) is 17.7 Å². The maximum atomic E-state index is 8.82. The van der Waals surface area contributed by atoms with Crippen LogP contribution in [0.2, 0.25) is 5.02 Å². The van der Waals surface area contributed by atoms with Crippen molar-refractivity contribution in [2.75, 3.05) is 6.61 Å². The average Bonchev–Trinajstić information content (AvgIpc) is 2.42.